The van der Waals surface area contributed by atoms with Gasteiger partial charge in [-0.2, -0.15) is 0 Å². The van der Waals surface area contributed by atoms with Gasteiger partial charge in [0.15, 0.2) is 6.29 Å². The first-order chi connectivity index (χ1) is 9.08. The molecule has 5 heteroatoms. The van der Waals surface area contributed by atoms with Crippen LogP contribution in [0.4, 0.5) is 0 Å². The van der Waals surface area contributed by atoms with Crippen LogP contribution in [0, 0.1) is 11.8 Å². The molecule has 4 atom stereocenters. The second-order valence-corrected chi connectivity index (χ2v) is 5.01. The molecule has 5 nitrogen and oxygen atoms in total. The lowest BCUT2D eigenvalue weighted by molar-refractivity contribution is -0.169. The van der Waals surface area contributed by atoms with Crippen molar-refractivity contribution < 1.29 is 24.1 Å². The summed E-state index contributed by atoms with van der Waals surface area (Å²) in [6.45, 7) is 6.37. The van der Waals surface area contributed by atoms with E-state index in [-0.39, 0.29) is 30.9 Å². The van der Waals surface area contributed by atoms with Crippen LogP contribution < -0.4 is 0 Å². The molecule has 0 bridgehead atoms. The summed E-state index contributed by atoms with van der Waals surface area (Å²) >= 11 is 0. The summed E-state index contributed by atoms with van der Waals surface area (Å²) in [5.74, 6) is 0.206. The van der Waals surface area contributed by atoms with Crippen molar-refractivity contribution in [3.05, 3.63) is 0 Å². The number of esters is 1. The third-order valence-corrected chi connectivity index (χ3v) is 3.68. The molecule has 1 unspecified atom stereocenters. The van der Waals surface area contributed by atoms with Crippen LogP contribution in [-0.4, -0.2) is 43.3 Å². The molecule has 19 heavy (non-hydrogen) atoms. The average Bonchev–Trinajstić information content (AvgIpc) is 2.71. The Hall–Kier alpha value is -0.650. The second-order valence-electron chi connectivity index (χ2n) is 5.01. The van der Waals surface area contributed by atoms with Gasteiger partial charge >= 0.3 is 5.97 Å². The Morgan fingerprint density at radius 3 is 2.74 bits per heavy atom. The van der Waals surface area contributed by atoms with Gasteiger partial charge in [-0.15, -0.1) is 0 Å². The van der Waals surface area contributed by atoms with Crippen molar-refractivity contribution in [1.82, 2.24) is 0 Å². The van der Waals surface area contributed by atoms with Gasteiger partial charge in [0.2, 0.25) is 0 Å². The van der Waals surface area contributed by atoms with E-state index in [2.05, 4.69) is 0 Å². The van der Waals surface area contributed by atoms with Gasteiger partial charge in [-0.1, -0.05) is 0 Å². The Bertz CT molecular complexity index is 269. The fraction of sp³-hybridized carbons (Fsp3) is 0.929. The number of aliphatic hydroxyl groups excluding tert-OH is 1. The van der Waals surface area contributed by atoms with Crippen LogP contribution in [0.15, 0.2) is 0 Å². The maximum absolute atomic E-state index is 10.7. The number of carbonyl (C=O) groups excluding carboxylic acids is 1. The van der Waals surface area contributed by atoms with Crippen molar-refractivity contribution in [2.24, 2.45) is 11.8 Å². The predicted molar refractivity (Wildman–Crippen MR) is 70.5 cm³/mol. The second kappa shape index (κ2) is 8.51. The number of ether oxygens (including phenoxy) is 3. The minimum absolute atomic E-state index is 0.0360. The third-order valence-electron chi connectivity index (χ3n) is 3.68. The molecule has 0 radical (unpaired) electrons. The molecular weight excluding hydrogens is 248 g/mol. The van der Waals surface area contributed by atoms with Crippen molar-refractivity contribution in [3.63, 3.8) is 0 Å². The van der Waals surface area contributed by atoms with Crippen LogP contribution in [0.25, 0.3) is 0 Å². The fourth-order valence-corrected chi connectivity index (χ4v) is 2.78. The molecule has 0 heterocycles. The minimum Gasteiger partial charge on any atom is -0.466 e. The van der Waals surface area contributed by atoms with Gasteiger partial charge in [-0.3, -0.25) is 4.79 Å². The highest BCUT2D eigenvalue weighted by Gasteiger charge is 2.37. The van der Waals surface area contributed by atoms with Gasteiger partial charge < -0.3 is 19.3 Å². The Morgan fingerprint density at radius 2 is 2.16 bits per heavy atom. The standard InChI is InChI=1S/C14H26O5/c1-4-17-11(3)19-14-6-5-12(13(14)9-15)7-8-18-10(2)16/h11-15H,4-9H2,1-3H3/t11?,12-,13+,14-/m0/s1. The summed E-state index contributed by atoms with van der Waals surface area (Å²) in [6, 6.07) is 0. The zero-order valence-corrected chi connectivity index (χ0v) is 12.1. The number of rotatable bonds is 8. The van der Waals surface area contributed by atoms with Crippen LogP contribution in [0.1, 0.15) is 40.0 Å². The molecule has 0 aromatic carbocycles. The van der Waals surface area contributed by atoms with Crippen LogP contribution >= 0.6 is 0 Å². The number of hydrogen-bond acceptors (Lipinski definition) is 5. The van der Waals surface area contributed by atoms with Gasteiger partial charge in [-0.05, 0) is 39.0 Å². The van der Waals surface area contributed by atoms with Crippen LogP contribution in [0.5, 0.6) is 0 Å². The quantitative estimate of drug-likeness (QED) is 0.539. The predicted octanol–water partition coefficient (Wildman–Crippen LogP) is 1.73. The first-order valence-corrected chi connectivity index (χ1v) is 7.09. The van der Waals surface area contributed by atoms with Crippen molar-refractivity contribution in [3.8, 4) is 0 Å². The molecule has 0 aromatic heterocycles. The molecule has 1 N–H and O–H groups in total. The molecule has 1 rings (SSSR count). The van der Waals surface area contributed by atoms with Gasteiger partial charge in [0.25, 0.3) is 0 Å². The Labute approximate surface area is 115 Å². The van der Waals surface area contributed by atoms with E-state index in [0.717, 1.165) is 19.3 Å². The summed E-state index contributed by atoms with van der Waals surface area (Å²) in [4.78, 5) is 10.7. The largest absolute Gasteiger partial charge is 0.466 e. The highest BCUT2D eigenvalue weighted by molar-refractivity contribution is 5.65. The first kappa shape index (κ1) is 16.4. The highest BCUT2D eigenvalue weighted by Crippen LogP contribution is 2.36. The summed E-state index contributed by atoms with van der Waals surface area (Å²) in [7, 11) is 0. The minimum atomic E-state index is -0.253. The topological polar surface area (TPSA) is 65.0 Å². The van der Waals surface area contributed by atoms with E-state index in [0.29, 0.717) is 19.1 Å². The smallest absolute Gasteiger partial charge is 0.302 e. The van der Waals surface area contributed by atoms with E-state index < -0.39 is 0 Å². The first-order valence-electron chi connectivity index (χ1n) is 7.09. The summed E-state index contributed by atoms with van der Waals surface area (Å²) < 4.78 is 16.2. The molecule has 0 saturated heterocycles. The molecular formula is C14H26O5. The monoisotopic (exact) mass is 274 g/mol. The summed E-state index contributed by atoms with van der Waals surface area (Å²) in [6.07, 6.45) is 2.50. The SMILES string of the molecule is CCOC(C)O[C@H]1CC[C@@H](CCOC(C)=O)[C@H]1CO. The average molecular weight is 274 g/mol. The third kappa shape index (κ3) is 5.47. The van der Waals surface area contributed by atoms with Crippen molar-refractivity contribution in [2.75, 3.05) is 19.8 Å². The summed E-state index contributed by atoms with van der Waals surface area (Å²) in [5, 5.41) is 9.53. The Balaban J connectivity index is 2.38. The Morgan fingerprint density at radius 1 is 1.42 bits per heavy atom. The Kier molecular flexibility index (Phi) is 7.34. The van der Waals surface area contributed by atoms with Gasteiger partial charge in [0, 0.05) is 26.1 Å². The normalized spacial score (nSPS) is 28.3. The zero-order valence-electron chi connectivity index (χ0n) is 12.1. The van der Waals surface area contributed by atoms with E-state index in [9.17, 15) is 9.90 Å². The van der Waals surface area contributed by atoms with Crippen molar-refractivity contribution in [1.29, 1.82) is 0 Å². The van der Waals surface area contributed by atoms with Gasteiger partial charge in [0.05, 0.1) is 12.7 Å². The highest BCUT2D eigenvalue weighted by atomic mass is 16.7. The van der Waals surface area contributed by atoms with Crippen molar-refractivity contribution >= 4 is 5.97 Å². The van der Waals surface area contributed by atoms with E-state index in [1.165, 1.54) is 6.92 Å². The molecule has 0 aliphatic heterocycles. The van der Waals surface area contributed by atoms with E-state index in [1.807, 2.05) is 13.8 Å². The maximum atomic E-state index is 10.7. The van der Waals surface area contributed by atoms with Crippen molar-refractivity contribution in [2.45, 2.75) is 52.4 Å². The van der Waals surface area contributed by atoms with E-state index >= 15 is 0 Å². The van der Waals surface area contributed by atoms with Gasteiger partial charge in [0.1, 0.15) is 0 Å². The van der Waals surface area contributed by atoms with Crippen LogP contribution in [-0.2, 0) is 19.0 Å². The molecule has 1 aliphatic carbocycles. The lowest BCUT2D eigenvalue weighted by Crippen LogP contribution is -2.30. The maximum Gasteiger partial charge on any atom is 0.302 e. The van der Waals surface area contributed by atoms with E-state index in [4.69, 9.17) is 14.2 Å². The van der Waals surface area contributed by atoms with E-state index in [1.54, 1.807) is 0 Å². The molecule has 112 valence electrons. The number of hydrogen-bond donors (Lipinski definition) is 1. The molecule has 1 aliphatic rings. The number of aliphatic hydroxyl groups is 1. The zero-order chi connectivity index (χ0) is 14.3. The molecule has 0 aromatic rings. The van der Waals surface area contributed by atoms with Crippen LogP contribution in [0.3, 0.4) is 0 Å². The molecule has 0 spiro atoms. The lowest BCUT2D eigenvalue weighted by atomic mass is 9.93. The molecule has 1 fully saturated rings. The lowest BCUT2D eigenvalue weighted by Gasteiger charge is -2.25. The summed E-state index contributed by atoms with van der Waals surface area (Å²) in [5.41, 5.74) is 0. The molecule has 0 amide bonds. The number of carbonyl (C=O) groups is 1. The van der Waals surface area contributed by atoms with Crippen LogP contribution in [0.2, 0.25) is 0 Å². The molecule has 1 saturated carbocycles. The van der Waals surface area contributed by atoms with Gasteiger partial charge in [-0.25, -0.2) is 0 Å². The fourth-order valence-electron chi connectivity index (χ4n) is 2.78.